The van der Waals surface area contributed by atoms with Gasteiger partial charge in [-0.3, -0.25) is 0 Å². The molecule has 0 saturated carbocycles. The zero-order chi connectivity index (χ0) is 17.3. The molecular weight excluding hydrogens is 353 g/mol. The van der Waals surface area contributed by atoms with E-state index in [0.717, 1.165) is 17.5 Å². The smallest absolute Gasteiger partial charge is 0.207 e. The van der Waals surface area contributed by atoms with Crippen molar-refractivity contribution in [1.82, 2.24) is 5.48 Å². The van der Waals surface area contributed by atoms with Crippen molar-refractivity contribution in [2.45, 2.75) is 37.1 Å². The molecular formula is C17H17ClFNO3S. The van der Waals surface area contributed by atoms with Crippen LogP contribution in [0.5, 0.6) is 0 Å². The summed E-state index contributed by atoms with van der Waals surface area (Å²) in [6, 6.07) is 8.73. The summed E-state index contributed by atoms with van der Waals surface area (Å²) < 4.78 is 43.7. The monoisotopic (exact) mass is 369 g/mol. The van der Waals surface area contributed by atoms with E-state index in [0.29, 0.717) is 23.4 Å². The Morgan fingerprint density at radius 2 is 1.96 bits per heavy atom. The van der Waals surface area contributed by atoms with Gasteiger partial charge in [0, 0.05) is 10.6 Å². The lowest BCUT2D eigenvalue weighted by atomic mass is 9.88. The molecule has 128 valence electrons. The van der Waals surface area contributed by atoms with Crippen molar-refractivity contribution in [3.8, 4) is 0 Å². The third-order valence-electron chi connectivity index (χ3n) is 4.08. The van der Waals surface area contributed by atoms with Crippen LogP contribution in [0.25, 0.3) is 0 Å². The minimum atomic E-state index is -3.96. The highest BCUT2D eigenvalue weighted by Crippen LogP contribution is 2.34. The Morgan fingerprint density at radius 1 is 1.25 bits per heavy atom. The highest BCUT2D eigenvalue weighted by Gasteiger charge is 2.26. The van der Waals surface area contributed by atoms with E-state index in [1.54, 1.807) is 18.2 Å². The van der Waals surface area contributed by atoms with Crippen LogP contribution in [-0.2, 0) is 20.8 Å². The third kappa shape index (κ3) is 3.62. The van der Waals surface area contributed by atoms with E-state index in [1.807, 2.05) is 6.92 Å². The Bertz CT molecular complexity index is 853. The van der Waals surface area contributed by atoms with Crippen LogP contribution in [0.3, 0.4) is 0 Å². The van der Waals surface area contributed by atoms with Gasteiger partial charge in [0.25, 0.3) is 0 Å². The number of nitrogens with one attached hydrogen (secondary N) is 1. The fraction of sp³-hybridized carbons (Fsp3) is 0.294. The van der Waals surface area contributed by atoms with Crippen LogP contribution >= 0.6 is 11.6 Å². The molecule has 0 spiro atoms. The number of benzene rings is 2. The predicted molar refractivity (Wildman–Crippen MR) is 89.7 cm³/mol. The van der Waals surface area contributed by atoms with Gasteiger partial charge in [0.15, 0.2) is 0 Å². The number of hydrogen-bond acceptors (Lipinski definition) is 4. The van der Waals surface area contributed by atoms with E-state index in [9.17, 15) is 12.8 Å². The first-order valence-electron chi connectivity index (χ1n) is 7.60. The molecule has 0 aromatic heterocycles. The van der Waals surface area contributed by atoms with Gasteiger partial charge in [-0.15, -0.1) is 0 Å². The Kier molecular flexibility index (Phi) is 4.92. The molecule has 24 heavy (non-hydrogen) atoms. The molecule has 0 amide bonds. The van der Waals surface area contributed by atoms with E-state index in [-0.39, 0.29) is 4.90 Å². The van der Waals surface area contributed by atoms with Crippen molar-refractivity contribution in [3.05, 3.63) is 63.9 Å². The molecule has 1 N–H and O–H groups in total. The summed E-state index contributed by atoms with van der Waals surface area (Å²) in [5, 5.41) is 0.333. The van der Waals surface area contributed by atoms with Gasteiger partial charge in [-0.05, 0) is 56.0 Å². The average Bonchev–Trinajstić information content (AvgIpc) is 2.53. The zero-order valence-electron chi connectivity index (χ0n) is 13.1. The lowest BCUT2D eigenvalue weighted by molar-refractivity contribution is 0.151. The lowest BCUT2D eigenvalue weighted by Gasteiger charge is -2.26. The molecule has 1 unspecified atom stereocenters. The van der Waals surface area contributed by atoms with E-state index >= 15 is 0 Å². The van der Waals surface area contributed by atoms with Gasteiger partial charge in [-0.1, -0.05) is 29.3 Å². The standard InChI is InChI=1S/C17H17ClFNO3S/c1-11-5-7-14(8-6-11)24(21,22)23-20-16-4-2-3-12-9-13(18)10-15(19)17(12)16/h5-10,16,20H,2-4H2,1H3. The SMILES string of the molecule is Cc1ccc(S(=O)(=O)ONC2CCCc3cc(Cl)cc(F)c32)cc1. The Balaban J connectivity index is 1.80. The highest BCUT2D eigenvalue weighted by molar-refractivity contribution is 7.86. The molecule has 3 rings (SSSR count). The predicted octanol–water partition coefficient (Wildman–Crippen LogP) is 4.08. The molecule has 0 fully saturated rings. The van der Waals surface area contributed by atoms with Crippen LogP contribution in [0.1, 0.15) is 35.6 Å². The molecule has 4 nitrogen and oxygen atoms in total. The number of fused-ring (bicyclic) bond motifs is 1. The van der Waals surface area contributed by atoms with Gasteiger partial charge in [0.2, 0.25) is 0 Å². The van der Waals surface area contributed by atoms with Crippen LogP contribution in [-0.4, -0.2) is 8.42 Å². The summed E-state index contributed by atoms with van der Waals surface area (Å²) in [6.07, 6.45) is 2.07. The third-order valence-corrected chi connectivity index (χ3v) is 5.46. The largest absolute Gasteiger partial charge is 0.312 e. The Hall–Kier alpha value is -1.47. The second kappa shape index (κ2) is 6.80. The first-order valence-corrected chi connectivity index (χ1v) is 9.39. The van der Waals surface area contributed by atoms with Crippen LogP contribution < -0.4 is 5.48 Å². The van der Waals surface area contributed by atoms with Gasteiger partial charge in [0.05, 0.1) is 10.9 Å². The van der Waals surface area contributed by atoms with Crippen LogP contribution in [0, 0.1) is 12.7 Å². The number of hydroxylamine groups is 1. The van der Waals surface area contributed by atoms with Crippen molar-refractivity contribution >= 4 is 21.7 Å². The molecule has 0 aliphatic heterocycles. The minimum Gasteiger partial charge on any atom is -0.207 e. The Morgan fingerprint density at radius 3 is 2.67 bits per heavy atom. The number of halogens is 2. The summed E-state index contributed by atoms with van der Waals surface area (Å²) in [6.45, 7) is 1.86. The van der Waals surface area contributed by atoms with E-state index in [1.165, 1.54) is 18.2 Å². The summed E-state index contributed by atoms with van der Waals surface area (Å²) in [5.41, 5.74) is 4.67. The van der Waals surface area contributed by atoms with Crippen molar-refractivity contribution in [3.63, 3.8) is 0 Å². The maximum Gasteiger partial charge on any atom is 0.312 e. The number of rotatable bonds is 4. The first kappa shape index (κ1) is 17.4. The van der Waals surface area contributed by atoms with Crippen molar-refractivity contribution in [1.29, 1.82) is 0 Å². The van der Waals surface area contributed by atoms with Gasteiger partial charge in [-0.25, -0.2) is 4.39 Å². The molecule has 1 aliphatic rings. The van der Waals surface area contributed by atoms with E-state index in [4.69, 9.17) is 15.9 Å². The van der Waals surface area contributed by atoms with Gasteiger partial charge in [-0.2, -0.15) is 18.2 Å². The lowest BCUT2D eigenvalue weighted by Crippen LogP contribution is -2.29. The second-order valence-electron chi connectivity index (χ2n) is 5.87. The molecule has 1 atom stereocenters. The maximum atomic E-state index is 14.2. The summed E-state index contributed by atoms with van der Waals surface area (Å²) in [7, 11) is -3.96. The van der Waals surface area contributed by atoms with E-state index in [2.05, 4.69) is 5.48 Å². The fourth-order valence-electron chi connectivity index (χ4n) is 2.87. The normalized spacial score (nSPS) is 17.5. The first-order chi connectivity index (χ1) is 11.4. The summed E-state index contributed by atoms with van der Waals surface area (Å²) in [4.78, 5) is 0.0493. The van der Waals surface area contributed by atoms with E-state index < -0.39 is 22.0 Å². The van der Waals surface area contributed by atoms with Crippen LogP contribution in [0.4, 0.5) is 4.39 Å². The fourth-order valence-corrected chi connectivity index (χ4v) is 3.90. The molecule has 0 radical (unpaired) electrons. The van der Waals surface area contributed by atoms with Gasteiger partial charge < -0.3 is 0 Å². The van der Waals surface area contributed by atoms with Gasteiger partial charge >= 0.3 is 10.1 Å². The zero-order valence-corrected chi connectivity index (χ0v) is 14.6. The molecule has 1 aliphatic carbocycles. The molecule has 7 heteroatoms. The minimum absolute atomic E-state index is 0.0493. The van der Waals surface area contributed by atoms with Crippen LogP contribution in [0.15, 0.2) is 41.3 Å². The molecule has 0 bridgehead atoms. The number of hydrogen-bond donors (Lipinski definition) is 1. The second-order valence-corrected chi connectivity index (χ2v) is 7.86. The van der Waals surface area contributed by atoms with Gasteiger partial charge in [0.1, 0.15) is 5.82 Å². The number of aryl methyl sites for hydroxylation is 2. The summed E-state index contributed by atoms with van der Waals surface area (Å²) in [5.74, 6) is -0.453. The Labute approximate surface area is 145 Å². The van der Waals surface area contributed by atoms with Crippen molar-refractivity contribution in [2.24, 2.45) is 0 Å². The van der Waals surface area contributed by atoms with Crippen LogP contribution in [0.2, 0.25) is 5.02 Å². The summed E-state index contributed by atoms with van der Waals surface area (Å²) >= 11 is 5.88. The average molecular weight is 370 g/mol. The molecule has 2 aromatic carbocycles. The molecule has 2 aromatic rings. The van der Waals surface area contributed by atoms with Crippen molar-refractivity contribution < 1.29 is 17.1 Å². The molecule has 0 saturated heterocycles. The quantitative estimate of drug-likeness (QED) is 0.825. The van der Waals surface area contributed by atoms with Crippen molar-refractivity contribution in [2.75, 3.05) is 0 Å². The maximum absolute atomic E-state index is 14.2. The highest BCUT2D eigenvalue weighted by atomic mass is 35.5. The molecule has 0 heterocycles. The topological polar surface area (TPSA) is 55.4 Å².